The van der Waals surface area contributed by atoms with Gasteiger partial charge in [-0.3, -0.25) is 0 Å². The monoisotopic (exact) mass is 337 g/mol. The van der Waals surface area contributed by atoms with E-state index in [2.05, 4.69) is 5.10 Å². The predicted octanol–water partition coefficient (Wildman–Crippen LogP) is 1.78. The molecule has 0 unspecified atom stereocenters. The van der Waals surface area contributed by atoms with E-state index in [4.69, 9.17) is 5.11 Å². The van der Waals surface area contributed by atoms with Gasteiger partial charge in [0.25, 0.3) is 0 Å². The Bertz CT molecular complexity index is 762. The molecule has 6 nitrogen and oxygen atoms in total. The molecule has 1 N–H and O–H groups in total. The molecule has 126 valence electrons. The number of hydrogen-bond donors (Lipinski definition) is 1. The van der Waals surface area contributed by atoms with Gasteiger partial charge in [0.05, 0.1) is 24.2 Å². The normalized spacial score (nSPS) is 12.8. The molecule has 0 amide bonds. The molecule has 0 aliphatic rings. The summed E-state index contributed by atoms with van der Waals surface area (Å²) in [6.45, 7) is 5.59. The smallest absolute Gasteiger partial charge is 0.246 e. The number of para-hydroxylation sites is 1. The van der Waals surface area contributed by atoms with Crippen LogP contribution >= 0.6 is 0 Å². The van der Waals surface area contributed by atoms with Gasteiger partial charge in [0.2, 0.25) is 10.0 Å². The topological polar surface area (TPSA) is 75.4 Å². The third-order valence-electron chi connectivity index (χ3n) is 3.51. The van der Waals surface area contributed by atoms with E-state index in [1.807, 2.05) is 51.1 Å². The van der Waals surface area contributed by atoms with Crippen molar-refractivity contribution < 1.29 is 13.5 Å². The van der Waals surface area contributed by atoms with Crippen LogP contribution in [0.1, 0.15) is 26.5 Å². The Hall–Kier alpha value is -1.70. The molecule has 0 saturated heterocycles. The summed E-state index contributed by atoms with van der Waals surface area (Å²) in [6, 6.07) is 9.38. The van der Waals surface area contributed by atoms with Gasteiger partial charge in [0, 0.05) is 19.0 Å². The lowest BCUT2D eigenvalue weighted by atomic mass is 9.92. The molecule has 1 heterocycles. The van der Waals surface area contributed by atoms with Gasteiger partial charge in [0.15, 0.2) is 0 Å². The number of hydrogen-bond acceptors (Lipinski definition) is 4. The van der Waals surface area contributed by atoms with Crippen LogP contribution in [0.3, 0.4) is 0 Å². The van der Waals surface area contributed by atoms with Gasteiger partial charge in [-0.2, -0.15) is 9.40 Å². The highest BCUT2D eigenvalue weighted by atomic mass is 32.2. The molecule has 23 heavy (non-hydrogen) atoms. The minimum Gasteiger partial charge on any atom is -0.395 e. The van der Waals surface area contributed by atoms with Crippen LogP contribution in [0.25, 0.3) is 5.69 Å². The number of sulfonamides is 1. The van der Waals surface area contributed by atoms with Crippen molar-refractivity contribution in [3.63, 3.8) is 0 Å². The molecule has 0 fully saturated rings. The lowest BCUT2D eigenvalue weighted by Crippen LogP contribution is -2.31. The Morgan fingerprint density at radius 2 is 1.83 bits per heavy atom. The van der Waals surface area contributed by atoms with Crippen LogP contribution in [0.4, 0.5) is 0 Å². The van der Waals surface area contributed by atoms with Gasteiger partial charge in [-0.05, 0) is 12.1 Å². The number of aliphatic hydroxyl groups is 1. The first-order chi connectivity index (χ1) is 10.7. The fourth-order valence-electron chi connectivity index (χ4n) is 2.21. The van der Waals surface area contributed by atoms with Crippen LogP contribution in [0.5, 0.6) is 0 Å². The molecule has 0 radical (unpaired) electrons. The zero-order chi connectivity index (χ0) is 17.3. The van der Waals surface area contributed by atoms with Crippen molar-refractivity contribution in [1.29, 1.82) is 0 Å². The third kappa shape index (κ3) is 3.63. The second-order valence-electron chi connectivity index (χ2n) is 6.42. The molecule has 2 rings (SSSR count). The van der Waals surface area contributed by atoms with E-state index in [-0.39, 0.29) is 18.0 Å². The zero-order valence-electron chi connectivity index (χ0n) is 13.9. The lowest BCUT2D eigenvalue weighted by molar-refractivity contribution is 0.266. The Balaban J connectivity index is 2.61. The number of rotatable bonds is 5. The highest BCUT2D eigenvalue weighted by Gasteiger charge is 2.32. The molecule has 2 aromatic rings. The average Bonchev–Trinajstić information content (AvgIpc) is 2.94. The number of nitrogens with zero attached hydrogens (tertiary/aromatic N) is 3. The summed E-state index contributed by atoms with van der Waals surface area (Å²) in [5.74, 6) is 0. The van der Waals surface area contributed by atoms with Gasteiger partial charge < -0.3 is 5.11 Å². The van der Waals surface area contributed by atoms with Gasteiger partial charge in [-0.1, -0.05) is 39.0 Å². The third-order valence-corrected chi connectivity index (χ3v) is 5.37. The van der Waals surface area contributed by atoms with Crippen molar-refractivity contribution in [3.8, 4) is 5.69 Å². The van der Waals surface area contributed by atoms with Crippen LogP contribution in [0.15, 0.2) is 41.4 Å². The second kappa shape index (κ2) is 6.43. The number of aliphatic hydroxyl groups excluding tert-OH is 1. The molecule has 0 spiro atoms. The van der Waals surface area contributed by atoms with E-state index in [0.29, 0.717) is 5.69 Å². The quantitative estimate of drug-likeness (QED) is 0.902. The van der Waals surface area contributed by atoms with Crippen LogP contribution in [0, 0.1) is 0 Å². The van der Waals surface area contributed by atoms with E-state index >= 15 is 0 Å². The van der Waals surface area contributed by atoms with Crippen molar-refractivity contribution in [2.75, 3.05) is 20.2 Å². The summed E-state index contributed by atoms with van der Waals surface area (Å²) in [7, 11) is -2.26. The van der Waals surface area contributed by atoms with Crippen molar-refractivity contribution >= 4 is 10.0 Å². The van der Waals surface area contributed by atoms with Crippen molar-refractivity contribution in [1.82, 2.24) is 14.1 Å². The highest BCUT2D eigenvalue weighted by molar-refractivity contribution is 7.89. The van der Waals surface area contributed by atoms with Crippen molar-refractivity contribution in [2.45, 2.75) is 31.1 Å². The molecule has 0 atom stereocenters. The van der Waals surface area contributed by atoms with Gasteiger partial charge >= 0.3 is 0 Å². The van der Waals surface area contributed by atoms with E-state index in [0.717, 1.165) is 9.99 Å². The standard InChI is InChI=1S/C16H23N3O3S/c1-16(2,3)15-14(23(21,22)18(4)10-11-20)12-19(17-15)13-8-6-5-7-9-13/h5-9,12,20H,10-11H2,1-4H3. The first-order valence-corrected chi connectivity index (χ1v) is 8.84. The van der Waals surface area contributed by atoms with Crippen LogP contribution in [-0.4, -0.2) is 47.8 Å². The summed E-state index contributed by atoms with van der Waals surface area (Å²) in [5, 5.41) is 13.5. The van der Waals surface area contributed by atoms with Crippen molar-refractivity contribution in [2.24, 2.45) is 0 Å². The molecule has 1 aromatic carbocycles. The molecule has 0 aliphatic carbocycles. The minimum atomic E-state index is -3.71. The molecule has 0 aliphatic heterocycles. The molecule has 0 saturated carbocycles. The maximum atomic E-state index is 12.8. The highest BCUT2D eigenvalue weighted by Crippen LogP contribution is 2.30. The van der Waals surface area contributed by atoms with Crippen LogP contribution in [0.2, 0.25) is 0 Å². The van der Waals surface area contributed by atoms with Crippen molar-refractivity contribution in [3.05, 3.63) is 42.2 Å². The van der Waals surface area contributed by atoms with Gasteiger partial charge in [-0.15, -0.1) is 0 Å². The molecule has 7 heteroatoms. The second-order valence-corrected chi connectivity index (χ2v) is 8.44. The number of benzene rings is 1. The van der Waals surface area contributed by atoms with E-state index in [1.165, 1.54) is 7.05 Å². The van der Waals surface area contributed by atoms with Gasteiger partial charge in [0.1, 0.15) is 4.90 Å². The zero-order valence-corrected chi connectivity index (χ0v) is 14.7. The number of aromatic nitrogens is 2. The Morgan fingerprint density at radius 3 is 2.35 bits per heavy atom. The number of likely N-dealkylation sites (N-methyl/N-ethyl adjacent to an activating group) is 1. The Labute approximate surface area is 137 Å². The summed E-state index contributed by atoms with van der Waals surface area (Å²) < 4.78 is 28.3. The fourth-order valence-corrected chi connectivity index (χ4v) is 3.69. The average molecular weight is 337 g/mol. The molecular formula is C16H23N3O3S. The van der Waals surface area contributed by atoms with Crippen LogP contribution in [-0.2, 0) is 15.4 Å². The van der Waals surface area contributed by atoms with E-state index < -0.39 is 15.4 Å². The first kappa shape index (κ1) is 17.7. The minimum absolute atomic E-state index is 0.0441. The first-order valence-electron chi connectivity index (χ1n) is 7.40. The summed E-state index contributed by atoms with van der Waals surface area (Å²) in [6.07, 6.45) is 1.54. The Kier molecular flexibility index (Phi) is 4.93. The van der Waals surface area contributed by atoms with E-state index in [1.54, 1.807) is 10.9 Å². The largest absolute Gasteiger partial charge is 0.395 e. The summed E-state index contributed by atoms with van der Waals surface area (Å²) in [4.78, 5) is 0.171. The molecular weight excluding hydrogens is 314 g/mol. The predicted molar refractivity (Wildman–Crippen MR) is 89.2 cm³/mol. The molecule has 1 aromatic heterocycles. The Morgan fingerprint density at radius 1 is 1.22 bits per heavy atom. The van der Waals surface area contributed by atoms with Crippen LogP contribution < -0.4 is 0 Å². The SMILES string of the molecule is CN(CCO)S(=O)(=O)c1cn(-c2ccccc2)nc1C(C)(C)C. The maximum Gasteiger partial charge on any atom is 0.246 e. The van der Waals surface area contributed by atoms with E-state index in [9.17, 15) is 8.42 Å². The molecule has 0 bridgehead atoms. The lowest BCUT2D eigenvalue weighted by Gasteiger charge is -2.20. The summed E-state index contributed by atoms with van der Waals surface area (Å²) >= 11 is 0. The fraction of sp³-hybridized carbons (Fsp3) is 0.438. The maximum absolute atomic E-state index is 12.8. The summed E-state index contributed by atoms with van der Waals surface area (Å²) in [5.41, 5.74) is 0.873. The van der Waals surface area contributed by atoms with Gasteiger partial charge in [-0.25, -0.2) is 13.1 Å².